The topological polar surface area (TPSA) is 66.3 Å². The van der Waals surface area contributed by atoms with Crippen molar-refractivity contribution < 1.29 is 9.29 Å². The Kier molecular flexibility index (Phi) is 4.04. The molecule has 5 nitrogen and oxygen atoms in total. The van der Waals surface area contributed by atoms with E-state index < -0.39 is 11.4 Å². The van der Waals surface area contributed by atoms with Crippen LogP contribution in [-0.2, 0) is 24.8 Å². The third kappa shape index (κ3) is 3.16. The van der Waals surface area contributed by atoms with Crippen molar-refractivity contribution in [3.8, 4) is 16.9 Å². The lowest BCUT2D eigenvalue weighted by Crippen LogP contribution is -2.18. The SMILES string of the molecule is Cc1cc(-c2cc(N[S+](C)[O-])cc3c2OC(C2CC2)C3)cn(C)c1=O. The van der Waals surface area contributed by atoms with Gasteiger partial charge in [0.1, 0.15) is 18.1 Å². The van der Waals surface area contributed by atoms with Crippen LogP contribution in [-0.4, -0.2) is 21.5 Å². The fourth-order valence-corrected chi connectivity index (χ4v) is 4.03. The summed E-state index contributed by atoms with van der Waals surface area (Å²) >= 11 is -1.14. The Morgan fingerprint density at radius 1 is 1.32 bits per heavy atom. The maximum Gasteiger partial charge on any atom is 0.253 e. The van der Waals surface area contributed by atoms with Crippen LogP contribution in [0.2, 0.25) is 0 Å². The van der Waals surface area contributed by atoms with Gasteiger partial charge in [-0.15, -0.1) is 0 Å². The number of aryl methyl sites for hydroxylation is 2. The summed E-state index contributed by atoms with van der Waals surface area (Å²) in [6, 6.07) is 5.91. The molecule has 25 heavy (non-hydrogen) atoms. The van der Waals surface area contributed by atoms with Gasteiger partial charge in [0.15, 0.2) is 0 Å². The van der Waals surface area contributed by atoms with E-state index in [1.165, 1.54) is 12.8 Å². The van der Waals surface area contributed by atoms with Crippen LogP contribution in [0.1, 0.15) is 24.0 Å². The third-order valence-electron chi connectivity index (χ3n) is 4.94. The molecule has 0 radical (unpaired) electrons. The fourth-order valence-electron chi connectivity index (χ4n) is 3.58. The fraction of sp³-hybridized carbons (Fsp3) is 0.421. The standard InChI is InChI=1S/C19H22N2O3S/c1-11-6-14(10-21(2)19(11)22)16-9-15(20-25(3)23)7-13-8-17(12-4-5-12)24-18(13)16/h6-7,9-10,12,17,20H,4-5,8H2,1-3H3. The van der Waals surface area contributed by atoms with Crippen molar-refractivity contribution in [1.82, 2.24) is 4.57 Å². The largest absolute Gasteiger partial charge is 0.593 e. The molecule has 1 aliphatic heterocycles. The van der Waals surface area contributed by atoms with E-state index in [2.05, 4.69) is 4.72 Å². The first-order chi connectivity index (χ1) is 11.9. The van der Waals surface area contributed by atoms with E-state index in [-0.39, 0.29) is 11.7 Å². The van der Waals surface area contributed by atoms with Crippen LogP contribution in [0.5, 0.6) is 5.75 Å². The molecule has 2 unspecified atom stereocenters. The van der Waals surface area contributed by atoms with E-state index in [4.69, 9.17) is 4.74 Å². The molecule has 1 saturated carbocycles. The molecule has 1 fully saturated rings. The molecule has 0 amide bonds. The molecule has 0 spiro atoms. The molecule has 132 valence electrons. The van der Waals surface area contributed by atoms with Crippen molar-refractivity contribution in [3.05, 3.63) is 45.9 Å². The second-order valence-corrected chi connectivity index (χ2v) is 8.21. The lowest BCUT2D eigenvalue weighted by molar-refractivity contribution is 0.208. The van der Waals surface area contributed by atoms with E-state index in [9.17, 15) is 9.35 Å². The molecule has 2 aromatic rings. The quantitative estimate of drug-likeness (QED) is 0.854. The van der Waals surface area contributed by atoms with Crippen LogP contribution in [0.4, 0.5) is 5.69 Å². The van der Waals surface area contributed by atoms with E-state index in [0.717, 1.165) is 34.5 Å². The minimum Gasteiger partial charge on any atom is -0.593 e. The number of benzene rings is 1. The Hall–Kier alpha value is -1.92. The van der Waals surface area contributed by atoms with Crippen molar-refractivity contribution >= 4 is 17.0 Å². The van der Waals surface area contributed by atoms with Gasteiger partial charge in [-0.3, -0.25) is 4.79 Å². The van der Waals surface area contributed by atoms with Crippen molar-refractivity contribution in [2.24, 2.45) is 13.0 Å². The number of rotatable bonds is 4. The van der Waals surface area contributed by atoms with Crippen molar-refractivity contribution in [1.29, 1.82) is 0 Å². The minimum absolute atomic E-state index is 0.00103. The number of pyridine rings is 1. The molecular weight excluding hydrogens is 336 g/mol. The van der Waals surface area contributed by atoms with Gasteiger partial charge in [-0.2, -0.15) is 0 Å². The molecule has 6 heteroatoms. The Morgan fingerprint density at radius 2 is 2.08 bits per heavy atom. The van der Waals surface area contributed by atoms with E-state index in [1.807, 2.05) is 31.3 Å². The number of hydrogen-bond acceptors (Lipinski definition) is 4. The van der Waals surface area contributed by atoms with Crippen molar-refractivity contribution in [2.75, 3.05) is 11.0 Å². The number of aromatic nitrogens is 1. The lowest BCUT2D eigenvalue weighted by Gasteiger charge is -2.15. The van der Waals surface area contributed by atoms with Gasteiger partial charge in [-0.1, -0.05) is 0 Å². The summed E-state index contributed by atoms with van der Waals surface area (Å²) in [5, 5.41) is 0. The van der Waals surface area contributed by atoms with Crippen LogP contribution in [0.15, 0.2) is 29.2 Å². The predicted octanol–water partition coefficient (Wildman–Crippen LogP) is 2.78. The molecule has 0 saturated heterocycles. The summed E-state index contributed by atoms with van der Waals surface area (Å²) in [5.74, 6) is 1.56. The maximum atomic E-state index is 12.0. The smallest absolute Gasteiger partial charge is 0.253 e. The second-order valence-electron chi connectivity index (χ2n) is 7.09. The van der Waals surface area contributed by atoms with Gasteiger partial charge in [0.2, 0.25) is 0 Å². The minimum atomic E-state index is -1.14. The first kappa shape index (κ1) is 16.5. The highest BCUT2D eigenvalue weighted by molar-refractivity contribution is 7.92. The molecule has 2 aliphatic rings. The summed E-state index contributed by atoms with van der Waals surface area (Å²) in [4.78, 5) is 12.0. The van der Waals surface area contributed by atoms with Crippen LogP contribution in [0.3, 0.4) is 0 Å². The molecular formula is C19H22N2O3S. The molecule has 2 heterocycles. The first-order valence-electron chi connectivity index (χ1n) is 8.53. The first-order valence-corrected chi connectivity index (χ1v) is 10.1. The maximum absolute atomic E-state index is 12.0. The number of nitrogens with one attached hydrogen (secondary N) is 1. The lowest BCUT2D eigenvalue weighted by atomic mass is 9.99. The van der Waals surface area contributed by atoms with Crippen LogP contribution >= 0.6 is 0 Å². The van der Waals surface area contributed by atoms with Gasteiger partial charge in [-0.05, 0) is 43.9 Å². The second kappa shape index (κ2) is 6.11. The molecule has 4 rings (SSSR count). The van der Waals surface area contributed by atoms with Gasteiger partial charge >= 0.3 is 0 Å². The molecule has 1 aliphatic carbocycles. The average molecular weight is 358 g/mol. The predicted molar refractivity (Wildman–Crippen MR) is 100 cm³/mol. The Morgan fingerprint density at radius 3 is 2.72 bits per heavy atom. The summed E-state index contributed by atoms with van der Waals surface area (Å²) in [5.41, 5.74) is 4.56. The van der Waals surface area contributed by atoms with E-state index >= 15 is 0 Å². The number of nitrogens with zero attached hydrogens (tertiary/aromatic N) is 1. The van der Waals surface area contributed by atoms with Gasteiger partial charge in [0.25, 0.3) is 5.56 Å². The molecule has 2 atom stereocenters. The van der Waals surface area contributed by atoms with Gasteiger partial charge < -0.3 is 13.9 Å². The molecule has 1 aromatic heterocycles. The Labute approximate surface area is 150 Å². The number of anilines is 1. The van der Waals surface area contributed by atoms with Gasteiger partial charge in [0.05, 0.1) is 17.0 Å². The normalized spacial score (nSPS) is 20.1. The zero-order valence-electron chi connectivity index (χ0n) is 14.7. The van der Waals surface area contributed by atoms with Crippen molar-refractivity contribution in [2.45, 2.75) is 32.3 Å². The monoisotopic (exact) mass is 358 g/mol. The summed E-state index contributed by atoms with van der Waals surface area (Å²) in [7, 11) is 1.76. The zero-order chi connectivity index (χ0) is 17.7. The van der Waals surface area contributed by atoms with E-state index in [1.54, 1.807) is 17.9 Å². The molecule has 0 bridgehead atoms. The van der Waals surface area contributed by atoms with Gasteiger partial charge in [0, 0.05) is 41.9 Å². The van der Waals surface area contributed by atoms with E-state index in [0.29, 0.717) is 11.5 Å². The van der Waals surface area contributed by atoms with Gasteiger partial charge in [-0.25, -0.2) is 4.72 Å². The highest BCUT2D eigenvalue weighted by Crippen LogP contribution is 2.46. The zero-order valence-corrected chi connectivity index (χ0v) is 15.5. The number of hydrogen-bond donors (Lipinski definition) is 1. The Balaban J connectivity index is 1.83. The van der Waals surface area contributed by atoms with Crippen LogP contribution < -0.4 is 15.0 Å². The summed E-state index contributed by atoms with van der Waals surface area (Å²) < 4.78 is 22.5. The number of fused-ring (bicyclic) bond motifs is 1. The van der Waals surface area contributed by atoms with Crippen molar-refractivity contribution in [3.63, 3.8) is 0 Å². The number of ether oxygens (including phenoxy) is 1. The third-order valence-corrected chi connectivity index (χ3v) is 5.46. The Bertz CT molecular complexity index is 861. The average Bonchev–Trinajstić information content (AvgIpc) is 3.30. The molecule has 1 aromatic carbocycles. The van der Waals surface area contributed by atoms with Crippen LogP contribution in [0, 0.1) is 12.8 Å². The molecule has 1 N–H and O–H groups in total. The highest BCUT2D eigenvalue weighted by atomic mass is 32.2. The summed E-state index contributed by atoms with van der Waals surface area (Å²) in [6.45, 7) is 1.82. The van der Waals surface area contributed by atoms with Crippen LogP contribution in [0.25, 0.3) is 11.1 Å². The summed E-state index contributed by atoms with van der Waals surface area (Å²) in [6.07, 6.45) is 7.06. The highest BCUT2D eigenvalue weighted by Gasteiger charge is 2.38.